The summed E-state index contributed by atoms with van der Waals surface area (Å²) in [5.41, 5.74) is 0. The number of hydrogen-bond donors (Lipinski definition) is 3. The second-order valence-corrected chi connectivity index (χ2v) is 3.42. The van der Waals surface area contributed by atoms with E-state index in [9.17, 15) is 0 Å². The van der Waals surface area contributed by atoms with E-state index in [0.29, 0.717) is 0 Å². The fourth-order valence-electron chi connectivity index (χ4n) is 0.0447. The molecule has 0 saturated heterocycles. The molecule has 0 atom stereocenters. The molecule has 0 rings (SSSR count). The van der Waals surface area contributed by atoms with Crippen molar-refractivity contribution in [2.45, 2.75) is 0 Å². The van der Waals surface area contributed by atoms with Gasteiger partial charge in [0.2, 0.25) is 0 Å². The molecule has 0 bridgehead atoms. The summed E-state index contributed by atoms with van der Waals surface area (Å²) in [5, 5.41) is 16.4. The predicted octanol–water partition coefficient (Wildman–Crippen LogP) is 0.160. The Morgan fingerprint density at radius 3 is 1.57 bits per heavy atom. The maximum atomic E-state index is 8.20. The Balaban J connectivity index is 0. The summed E-state index contributed by atoms with van der Waals surface area (Å²) in [6.07, 6.45) is 0.289. The van der Waals surface area contributed by atoms with Gasteiger partial charge in [-0.05, 0) is 6.66 Å². The minimum absolute atomic E-state index is 0. The third-order valence-electron chi connectivity index (χ3n) is 0.483. The van der Waals surface area contributed by atoms with Crippen molar-refractivity contribution in [3.63, 3.8) is 0 Å². The molecule has 7 heavy (non-hydrogen) atoms. The topological polar surface area (TPSA) is 75.5 Å². The zero-order chi connectivity index (χ0) is 4.99. The smallest absolute Gasteiger partial charge is 0.0644 e. The van der Waals surface area contributed by atoms with Crippen molar-refractivity contribution in [1.29, 1.82) is 0 Å². The first-order valence-corrected chi connectivity index (χ1v) is 3.87. The molecule has 3 nitrogen and oxygen atoms in total. The first kappa shape index (κ1) is 10.3. The molecule has 0 fully saturated rings. The zero-order valence-electron chi connectivity index (χ0n) is 4.46. The Bertz CT molecular complexity index is 32.1. The first-order valence-electron chi connectivity index (χ1n) is 1.71. The van der Waals surface area contributed by atoms with Gasteiger partial charge in [0.25, 0.3) is 0 Å². The zero-order valence-corrected chi connectivity index (χ0v) is 5.36. The highest BCUT2D eigenvalue weighted by Gasteiger charge is 1.90. The van der Waals surface area contributed by atoms with Crippen LogP contribution in [-0.2, 0) is 0 Å². The Morgan fingerprint density at radius 1 is 1.29 bits per heavy atom. The summed E-state index contributed by atoms with van der Waals surface area (Å²) in [7, 11) is -0.465. The van der Waals surface area contributed by atoms with Gasteiger partial charge in [0, 0.05) is 0 Å². The molecule has 5 N–H and O–H groups in total. The van der Waals surface area contributed by atoms with Crippen LogP contribution in [0.2, 0.25) is 0 Å². The predicted molar refractivity (Wildman–Crippen MR) is 32.0 cm³/mol. The van der Waals surface area contributed by atoms with Gasteiger partial charge < -0.3 is 16.4 Å². The SMILES string of the molecule is CP(CO)CO.N. The molecule has 0 aromatic rings. The lowest BCUT2D eigenvalue weighted by atomic mass is 11.7. The molecule has 0 aromatic carbocycles. The Hall–Kier alpha value is 0.310. The van der Waals surface area contributed by atoms with Crippen LogP contribution >= 0.6 is 7.92 Å². The van der Waals surface area contributed by atoms with Crippen LogP contribution < -0.4 is 6.15 Å². The maximum Gasteiger partial charge on any atom is 0.0644 e. The van der Waals surface area contributed by atoms with E-state index in [1.165, 1.54) is 0 Å². The highest BCUT2D eigenvalue weighted by molar-refractivity contribution is 7.56. The van der Waals surface area contributed by atoms with Crippen LogP contribution in [-0.4, -0.2) is 29.6 Å². The summed E-state index contributed by atoms with van der Waals surface area (Å²) in [6, 6.07) is 0. The molecule has 0 aliphatic carbocycles. The van der Waals surface area contributed by atoms with Gasteiger partial charge in [-0.3, -0.25) is 0 Å². The van der Waals surface area contributed by atoms with Gasteiger partial charge >= 0.3 is 0 Å². The molecule has 0 radical (unpaired) electrons. The van der Waals surface area contributed by atoms with Crippen molar-refractivity contribution < 1.29 is 10.2 Å². The van der Waals surface area contributed by atoms with Crippen LogP contribution in [0.5, 0.6) is 0 Å². The average molecular weight is 125 g/mol. The number of hydrogen-bond acceptors (Lipinski definition) is 3. The van der Waals surface area contributed by atoms with Crippen LogP contribution in [0.15, 0.2) is 0 Å². The standard InChI is InChI=1S/C3H9O2P.H3N/c1-6(2-4)3-5;/h4-5H,2-3H2,1H3;1H3. The molecular weight excluding hydrogens is 113 g/mol. The van der Waals surface area contributed by atoms with E-state index < -0.39 is 7.92 Å². The van der Waals surface area contributed by atoms with E-state index in [0.717, 1.165) is 0 Å². The summed E-state index contributed by atoms with van der Waals surface area (Å²) >= 11 is 0. The van der Waals surface area contributed by atoms with Crippen LogP contribution in [0, 0.1) is 0 Å². The van der Waals surface area contributed by atoms with E-state index in [1.807, 2.05) is 6.66 Å². The second kappa shape index (κ2) is 6.31. The highest BCUT2D eigenvalue weighted by atomic mass is 31.1. The Morgan fingerprint density at radius 2 is 1.57 bits per heavy atom. The fourth-order valence-corrected chi connectivity index (χ4v) is 0.134. The fraction of sp³-hybridized carbons (Fsp3) is 1.00. The summed E-state index contributed by atoms with van der Waals surface area (Å²) in [4.78, 5) is 0. The lowest BCUT2D eigenvalue weighted by molar-refractivity contribution is 0.344. The molecule has 4 heteroatoms. The van der Waals surface area contributed by atoms with Crippen molar-refractivity contribution in [1.82, 2.24) is 6.15 Å². The van der Waals surface area contributed by atoms with Crippen molar-refractivity contribution >= 4 is 7.92 Å². The highest BCUT2D eigenvalue weighted by Crippen LogP contribution is 2.25. The van der Waals surface area contributed by atoms with Gasteiger partial charge in [-0.25, -0.2) is 0 Å². The van der Waals surface area contributed by atoms with Gasteiger partial charge in [-0.2, -0.15) is 0 Å². The van der Waals surface area contributed by atoms with Gasteiger partial charge in [-0.1, -0.05) is 7.92 Å². The van der Waals surface area contributed by atoms with E-state index in [2.05, 4.69) is 0 Å². The molecule has 0 heterocycles. The van der Waals surface area contributed by atoms with Gasteiger partial charge in [0.1, 0.15) is 0 Å². The molecule has 0 aliphatic rings. The second-order valence-electron chi connectivity index (χ2n) is 1.14. The lowest BCUT2D eigenvalue weighted by Crippen LogP contribution is -1.82. The first-order chi connectivity index (χ1) is 2.81. The largest absolute Gasteiger partial charge is 0.392 e. The summed E-state index contributed by atoms with van der Waals surface area (Å²) in [5.74, 6) is 0. The minimum atomic E-state index is -0.465. The van der Waals surface area contributed by atoms with Crippen molar-refractivity contribution in [3.8, 4) is 0 Å². The van der Waals surface area contributed by atoms with Crippen molar-refractivity contribution in [3.05, 3.63) is 0 Å². The van der Waals surface area contributed by atoms with Crippen LogP contribution in [0.1, 0.15) is 0 Å². The molecule has 0 amide bonds. The maximum absolute atomic E-state index is 8.20. The number of aliphatic hydroxyl groups excluding tert-OH is 2. The quantitative estimate of drug-likeness (QED) is 0.460. The normalized spacial score (nSPS) is 8.57. The van der Waals surface area contributed by atoms with Crippen LogP contribution in [0.25, 0.3) is 0 Å². The third-order valence-corrected chi connectivity index (χ3v) is 1.45. The van der Waals surface area contributed by atoms with Gasteiger partial charge in [-0.15, -0.1) is 0 Å². The van der Waals surface area contributed by atoms with Crippen molar-refractivity contribution in [2.24, 2.45) is 0 Å². The van der Waals surface area contributed by atoms with Gasteiger partial charge in [0.05, 0.1) is 12.7 Å². The van der Waals surface area contributed by atoms with E-state index in [1.54, 1.807) is 0 Å². The monoisotopic (exact) mass is 125 g/mol. The van der Waals surface area contributed by atoms with Crippen LogP contribution in [0.3, 0.4) is 0 Å². The lowest BCUT2D eigenvalue weighted by Gasteiger charge is -1.98. The van der Waals surface area contributed by atoms with Crippen LogP contribution in [0.4, 0.5) is 0 Å². The molecule has 0 aromatic heterocycles. The van der Waals surface area contributed by atoms with E-state index in [-0.39, 0.29) is 18.8 Å². The number of aliphatic hydroxyl groups is 2. The molecule has 0 spiro atoms. The summed E-state index contributed by atoms with van der Waals surface area (Å²) < 4.78 is 0. The minimum Gasteiger partial charge on any atom is -0.392 e. The summed E-state index contributed by atoms with van der Waals surface area (Å²) in [6.45, 7) is 1.84. The Kier molecular flexibility index (Phi) is 9.31. The molecular formula is C3H12NO2P. The molecule has 0 unspecified atom stereocenters. The molecule has 0 aliphatic heterocycles. The van der Waals surface area contributed by atoms with Gasteiger partial charge in [0.15, 0.2) is 0 Å². The van der Waals surface area contributed by atoms with E-state index >= 15 is 0 Å². The molecule has 46 valence electrons. The number of rotatable bonds is 2. The average Bonchev–Trinajstić information content (AvgIpc) is 1.65. The Labute approximate surface area is 44.7 Å². The molecule has 0 saturated carbocycles. The third kappa shape index (κ3) is 6.31. The van der Waals surface area contributed by atoms with E-state index in [4.69, 9.17) is 10.2 Å². The van der Waals surface area contributed by atoms with Crippen molar-refractivity contribution in [2.75, 3.05) is 19.4 Å².